The van der Waals surface area contributed by atoms with Gasteiger partial charge >= 0.3 is 0 Å². The third kappa shape index (κ3) is 6.65. The van der Waals surface area contributed by atoms with E-state index in [2.05, 4.69) is 12.2 Å². The van der Waals surface area contributed by atoms with Gasteiger partial charge in [-0.25, -0.2) is 0 Å². The van der Waals surface area contributed by atoms with Gasteiger partial charge in [0.05, 0.1) is 0 Å². The number of carbonyl (C=O) groups is 1. The van der Waals surface area contributed by atoms with Crippen LogP contribution in [0.15, 0.2) is 18.2 Å². The molecule has 1 aromatic carbocycles. The highest BCUT2D eigenvalue weighted by Gasteiger charge is 2.10. The van der Waals surface area contributed by atoms with Crippen molar-refractivity contribution in [3.63, 3.8) is 0 Å². The molecule has 0 fully saturated rings. The van der Waals surface area contributed by atoms with Crippen molar-refractivity contribution in [2.45, 2.75) is 65.2 Å². The normalized spacial score (nSPS) is 10.6. The van der Waals surface area contributed by atoms with Crippen LogP contribution in [0.5, 0.6) is 5.75 Å². The summed E-state index contributed by atoms with van der Waals surface area (Å²) in [6.45, 7) is 4.71. The summed E-state index contributed by atoms with van der Waals surface area (Å²) < 4.78 is 0. The maximum atomic E-state index is 12.0. The van der Waals surface area contributed by atoms with E-state index in [9.17, 15) is 9.90 Å². The highest BCUT2D eigenvalue weighted by molar-refractivity contribution is 5.96. The molecule has 1 amide bonds. The third-order valence-electron chi connectivity index (χ3n) is 3.87. The summed E-state index contributed by atoms with van der Waals surface area (Å²) in [4.78, 5) is 12.0. The Morgan fingerprint density at radius 2 is 1.67 bits per heavy atom. The molecule has 1 aromatic rings. The first-order valence-corrected chi connectivity index (χ1v) is 8.23. The van der Waals surface area contributed by atoms with Crippen molar-refractivity contribution >= 4 is 5.91 Å². The summed E-state index contributed by atoms with van der Waals surface area (Å²) in [5.41, 5.74) is 1.21. The first kappa shape index (κ1) is 17.5. The zero-order valence-electron chi connectivity index (χ0n) is 13.5. The van der Waals surface area contributed by atoms with Gasteiger partial charge in [-0.05, 0) is 25.5 Å². The monoisotopic (exact) mass is 291 g/mol. The minimum absolute atomic E-state index is 0.0913. The summed E-state index contributed by atoms with van der Waals surface area (Å²) in [5.74, 6) is 0.0843. The van der Waals surface area contributed by atoms with Crippen LogP contribution in [0, 0.1) is 6.92 Å². The summed E-state index contributed by atoms with van der Waals surface area (Å²) in [6, 6.07) is 5.05. The largest absolute Gasteiger partial charge is 0.508 e. The average molecular weight is 291 g/mol. The smallest absolute Gasteiger partial charge is 0.251 e. The van der Waals surface area contributed by atoms with Gasteiger partial charge in [-0.2, -0.15) is 0 Å². The van der Waals surface area contributed by atoms with Gasteiger partial charge in [-0.1, -0.05) is 57.9 Å². The standard InChI is InChI=1S/C18H29NO2/c1-3-4-5-6-7-8-9-10-14-19-18(21)16-12-11-13-17(20)15(16)2/h11-13,20H,3-10,14H2,1-2H3,(H,19,21). The summed E-state index contributed by atoms with van der Waals surface area (Å²) >= 11 is 0. The third-order valence-corrected chi connectivity index (χ3v) is 3.87. The number of hydrogen-bond donors (Lipinski definition) is 2. The highest BCUT2D eigenvalue weighted by Crippen LogP contribution is 2.19. The lowest BCUT2D eigenvalue weighted by Gasteiger charge is -2.08. The second-order valence-electron chi connectivity index (χ2n) is 5.68. The van der Waals surface area contributed by atoms with Crippen LogP contribution in [0.4, 0.5) is 0 Å². The number of hydrogen-bond acceptors (Lipinski definition) is 2. The van der Waals surface area contributed by atoms with Crippen LogP contribution in [0.3, 0.4) is 0 Å². The second-order valence-corrected chi connectivity index (χ2v) is 5.68. The van der Waals surface area contributed by atoms with Gasteiger partial charge in [0, 0.05) is 17.7 Å². The van der Waals surface area contributed by atoms with Crippen LogP contribution < -0.4 is 5.32 Å². The van der Waals surface area contributed by atoms with E-state index in [4.69, 9.17) is 0 Å². The molecule has 118 valence electrons. The Morgan fingerprint density at radius 3 is 2.33 bits per heavy atom. The van der Waals surface area contributed by atoms with Crippen LogP contribution in [0.1, 0.15) is 74.2 Å². The van der Waals surface area contributed by atoms with Crippen molar-refractivity contribution in [3.05, 3.63) is 29.3 Å². The van der Waals surface area contributed by atoms with Gasteiger partial charge in [0.15, 0.2) is 0 Å². The first-order chi connectivity index (χ1) is 10.2. The number of nitrogens with one attached hydrogen (secondary N) is 1. The van der Waals surface area contributed by atoms with E-state index in [0.717, 1.165) is 6.42 Å². The molecule has 0 heterocycles. The molecule has 1 rings (SSSR count). The lowest BCUT2D eigenvalue weighted by Crippen LogP contribution is -2.25. The molecule has 0 radical (unpaired) electrons. The molecule has 0 spiro atoms. The average Bonchev–Trinajstić information content (AvgIpc) is 2.48. The number of aromatic hydroxyl groups is 1. The summed E-state index contributed by atoms with van der Waals surface area (Å²) in [7, 11) is 0. The molecule has 3 heteroatoms. The first-order valence-electron chi connectivity index (χ1n) is 8.23. The molecule has 0 saturated heterocycles. The zero-order valence-corrected chi connectivity index (χ0v) is 13.5. The zero-order chi connectivity index (χ0) is 15.5. The molecule has 0 atom stereocenters. The van der Waals surface area contributed by atoms with Crippen molar-refractivity contribution in [1.82, 2.24) is 5.32 Å². The van der Waals surface area contributed by atoms with Crippen molar-refractivity contribution in [3.8, 4) is 5.75 Å². The van der Waals surface area contributed by atoms with Crippen LogP contribution >= 0.6 is 0 Å². The summed E-state index contributed by atoms with van der Waals surface area (Å²) in [6.07, 6.45) is 10.1. The fourth-order valence-electron chi connectivity index (χ4n) is 2.43. The molecule has 21 heavy (non-hydrogen) atoms. The second kappa shape index (κ2) is 10.3. The van der Waals surface area contributed by atoms with Gasteiger partial charge < -0.3 is 10.4 Å². The van der Waals surface area contributed by atoms with E-state index in [1.165, 1.54) is 44.9 Å². The Labute approximate surface area is 128 Å². The van der Waals surface area contributed by atoms with E-state index >= 15 is 0 Å². The number of rotatable bonds is 10. The summed E-state index contributed by atoms with van der Waals surface area (Å²) in [5, 5.41) is 12.5. The Hall–Kier alpha value is -1.51. The SMILES string of the molecule is CCCCCCCCCCNC(=O)c1cccc(O)c1C. The minimum Gasteiger partial charge on any atom is -0.508 e. The van der Waals surface area contributed by atoms with Crippen LogP contribution in [0.25, 0.3) is 0 Å². The molecule has 0 aliphatic carbocycles. The van der Waals surface area contributed by atoms with Crippen molar-refractivity contribution in [1.29, 1.82) is 0 Å². The Balaban J connectivity index is 2.13. The molecule has 0 saturated carbocycles. The molecule has 0 unspecified atom stereocenters. The topological polar surface area (TPSA) is 49.3 Å². The Bertz CT molecular complexity index is 429. The molecule has 2 N–H and O–H groups in total. The van der Waals surface area contributed by atoms with Crippen LogP contribution in [-0.4, -0.2) is 17.6 Å². The van der Waals surface area contributed by atoms with E-state index in [-0.39, 0.29) is 11.7 Å². The van der Waals surface area contributed by atoms with E-state index < -0.39 is 0 Å². The molecular formula is C18H29NO2. The lowest BCUT2D eigenvalue weighted by atomic mass is 10.1. The lowest BCUT2D eigenvalue weighted by molar-refractivity contribution is 0.0952. The van der Waals surface area contributed by atoms with E-state index in [0.29, 0.717) is 17.7 Å². The van der Waals surface area contributed by atoms with Gasteiger partial charge in [0.1, 0.15) is 5.75 Å². The molecule has 3 nitrogen and oxygen atoms in total. The highest BCUT2D eigenvalue weighted by atomic mass is 16.3. The Morgan fingerprint density at radius 1 is 1.05 bits per heavy atom. The number of phenols is 1. The van der Waals surface area contributed by atoms with Gasteiger partial charge in [-0.3, -0.25) is 4.79 Å². The van der Waals surface area contributed by atoms with Crippen LogP contribution in [0.2, 0.25) is 0 Å². The van der Waals surface area contributed by atoms with E-state index in [1.54, 1.807) is 25.1 Å². The quantitative estimate of drug-likeness (QED) is 0.620. The minimum atomic E-state index is -0.0913. The number of unbranched alkanes of at least 4 members (excludes halogenated alkanes) is 7. The molecular weight excluding hydrogens is 262 g/mol. The maximum absolute atomic E-state index is 12.0. The number of amides is 1. The molecule has 0 aromatic heterocycles. The fourth-order valence-corrected chi connectivity index (χ4v) is 2.43. The maximum Gasteiger partial charge on any atom is 0.251 e. The Kier molecular flexibility index (Phi) is 8.56. The molecule has 0 aliphatic rings. The van der Waals surface area contributed by atoms with Gasteiger partial charge in [0.2, 0.25) is 0 Å². The van der Waals surface area contributed by atoms with Crippen LogP contribution in [-0.2, 0) is 0 Å². The van der Waals surface area contributed by atoms with Gasteiger partial charge in [0.25, 0.3) is 5.91 Å². The number of phenolic OH excluding ortho intramolecular Hbond substituents is 1. The van der Waals surface area contributed by atoms with Gasteiger partial charge in [-0.15, -0.1) is 0 Å². The molecule has 0 aliphatic heterocycles. The fraction of sp³-hybridized carbons (Fsp3) is 0.611. The van der Waals surface area contributed by atoms with Crippen molar-refractivity contribution < 1.29 is 9.90 Å². The predicted octanol–water partition coefficient (Wildman–Crippen LogP) is 4.57. The molecule has 0 bridgehead atoms. The predicted molar refractivity (Wildman–Crippen MR) is 87.8 cm³/mol. The van der Waals surface area contributed by atoms with Crippen molar-refractivity contribution in [2.75, 3.05) is 6.54 Å². The van der Waals surface area contributed by atoms with Crippen molar-refractivity contribution in [2.24, 2.45) is 0 Å². The number of carbonyl (C=O) groups excluding carboxylic acids is 1. The van der Waals surface area contributed by atoms with E-state index in [1.807, 2.05) is 0 Å². The number of benzene rings is 1.